The Morgan fingerprint density at radius 1 is 1.12 bits per heavy atom. The molecule has 0 aliphatic carbocycles. The van der Waals surface area contributed by atoms with Gasteiger partial charge in [-0.25, -0.2) is 4.39 Å². The molecule has 2 aromatic heterocycles. The Hall–Kier alpha value is -2.79. The number of halogens is 1. The molecule has 0 spiro atoms. The Bertz CT molecular complexity index is 794. The molecule has 0 aliphatic rings. The molecule has 0 saturated heterocycles. The average Bonchev–Trinajstić information content (AvgIpc) is 2.66. The average molecular weight is 337 g/mol. The molecule has 0 bridgehead atoms. The van der Waals surface area contributed by atoms with E-state index in [2.05, 4.69) is 15.3 Å². The lowest BCUT2D eigenvalue weighted by atomic mass is 10.1. The summed E-state index contributed by atoms with van der Waals surface area (Å²) < 4.78 is 18.9. The Labute approximate surface area is 146 Å². The van der Waals surface area contributed by atoms with Crippen LogP contribution in [0.25, 0.3) is 0 Å². The number of nitrogens with zero attached hydrogens (tertiary/aromatic N) is 2. The number of pyridine rings is 2. The zero-order valence-corrected chi connectivity index (χ0v) is 14.0. The van der Waals surface area contributed by atoms with Gasteiger partial charge in [-0.3, -0.25) is 9.97 Å². The number of rotatable bonds is 7. The predicted octanol–water partition coefficient (Wildman–Crippen LogP) is 4.05. The maximum absolute atomic E-state index is 13.2. The van der Waals surface area contributed by atoms with Crippen molar-refractivity contribution in [2.24, 2.45) is 0 Å². The second kappa shape index (κ2) is 8.35. The molecule has 0 unspecified atom stereocenters. The molecule has 0 aliphatic heterocycles. The van der Waals surface area contributed by atoms with Gasteiger partial charge in [-0.15, -0.1) is 0 Å². The highest BCUT2D eigenvalue weighted by molar-refractivity contribution is 5.27. The predicted molar refractivity (Wildman–Crippen MR) is 94.5 cm³/mol. The van der Waals surface area contributed by atoms with E-state index in [4.69, 9.17) is 4.74 Å². The van der Waals surface area contributed by atoms with E-state index in [1.165, 1.54) is 12.3 Å². The van der Waals surface area contributed by atoms with Crippen LogP contribution >= 0.6 is 0 Å². The zero-order chi connectivity index (χ0) is 17.5. The van der Waals surface area contributed by atoms with Crippen LogP contribution in [0.3, 0.4) is 0 Å². The lowest BCUT2D eigenvalue weighted by molar-refractivity contribution is 0.301. The third-order valence-corrected chi connectivity index (χ3v) is 3.87. The van der Waals surface area contributed by atoms with E-state index >= 15 is 0 Å². The van der Waals surface area contributed by atoms with Crippen molar-refractivity contribution in [3.8, 4) is 5.75 Å². The van der Waals surface area contributed by atoms with Crippen LogP contribution in [-0.2, 0) is 13.2 Å². The van der Waals surface area contributed by atoms with Crippen molar-refractivity contribution in [3.05, 3.63) is 89.8 Å². The molecule has 0 saturated carbocycles. The molecular formula is C20H20FN3O. The van der Waals surface area contributed by atoms with Gasteiger partial charge in [0.15, 0.2) is 0 Å². The first-order valence-corrected chi connectivity index (χ1v) is 8.16. The van der Waals surface area contributed by atoms with E-state index in [9.17, 15) is 4.39 Å². The van der Waals surface area contributed by atoms with E-state index in [-0.39, 0.29) is 11.9 Å². The second-order valence-electron chi connectivity index (χ2n) is 5.79. The van der Waals surface area contributed by atoms with Crippen LogP contribution in [0.1, 0.15) is 29.8 Å². The fourth-order valence-corrected chi connectivity index (χ4v) is 2.40. The number of hydrogen-bond acceptors (Lipinski definition) is 4. The normalized spacial score (nSPS) is 11.9. The van der Waals surface area contributed by atoms with Crippen molar-refractivity contribution >= 4 is 0 Å². The first-order chi connectivity index (χ1) is 12.2. The van der Waals surface area contributed by atoms with Gasteiger partial charge in [0.1, 0.15) is 18.2 Å². The maximum atomic E-state index is 13.2. The minimum absolute atomic E-state index is 0.0169. The Balaban J connectivity index is 1.50. The molecule has 2 heterocycles. The first kappa shape index (κ1) is 17.0. The fourth-order valence-electron chi connectivity index (χ4n) is 2.40. The van der Waals surface area contributed by atoms with Gasteiger partial charge in [-0.2, -0.15) is 0 Å². The molecule has 3 rings (SSSR count). The Morgan fingerprint density at radius 2 is 1.96 bits per heavy atom. The molecule has 0 radical (unpaired) electrons. The van der Waals surface area contributed by atoms with Gasteiger partial charge in [0, 0.05) is 25.0 Å². The van der Waals surface area contributed by atoms with Gasteiger partial charge >= 0.3 is 0 Å². The number of hydrogen-bond donors (Lipinski definition) is 1. The van der Waals surface area contributed by atoms with Crippen LogP contribution in [0, 0.1) is 5.82 Å². The Kier molecular flexibility index (Phi) is 5.69. The molecule has 4 nitrogen and oxygen atoms in total. The largest absolute Gasteiger partial charge is 0.487 e. The number of ether oxygens (including phenoxy) is 1. The minimum atomic E-state index is -0.319. The monoisotopic (exact) mass is 337 g/mol. The molecule has 3 aromatic rings. The Morgan fingerprint density at radius 3 is 2.68 bits per heavy atom. The van der Waals surface area contributed by atoms with Crippen LogP contribution < -0.4 is 10.1 Å². The van der Waals surface area contributed by atoms with Crippen LogP contribution in [0.15, 0.2) is 67.1 Å². The van der Waals surface area contributed by atoms with Crippen LogP contribution in [0.2, 0.25) is 0 Å². The molecule has 1 aromatic carbocycles. The van der Waals surface area contributed by atoms with Gasteiger partial charge in [-0.1, -0.05) is 18.2 Å². The van der Waals surface area contributed by atoms with Crippen molar-refractivity contribution in [2.45, 2.75) is 26.1 Å². The van der Waals surface area contributed by atoms with Crippen molar-refractivity contribution in [1.29, 1.82) is 0 Å². The van der Waals surface area contributed by atoms with E-state index in [0.717, 1.165) is 22.6 Å². The highest BCUT2D eigenvalue weighted by atomic mass is 19.1. The summed E-state index contributed by atoms with van der Waals surface area (Å²) in [5.74, 6) is 0.484. The molecule has 0 amide bonds. The lowest BCUT2D eigenvalue weighted by Crippen LogP contribution is -2.18. The van der Waals surface area contributed by atoms with E-state index in [0.29, 0.717) is 13.2 Å². The summed E-state index contributed by atoms with van der Waals surface area (Å²) in [6.45, 7) is 3.11. The van der Waals surface area contributed by atoms with Gasteiger partial charge in [0.25, 0.3) is 0 Å². The molecule has 25 heavy (non-hydrogen) atoms. The second-order valence-corrected chi connectivity index (χ2v) is 5.79. The molecule has 0 fully saturated rings. The molecular weight excluding hydrogens is 317 g/mol. The molecule has 1 N–H and O–H groups in total. The third kappa shape index (κ3) is 5.09. The quantitative estimate of drug-likeness (QED) is 0.707. The summed E-state index contributed by atoms with van der Waals surface area (Å²) in [6, 6.07) is 15.2. The smallest absolute Gasteiger partial charge is 0.141 e. The highest BCUT2D eigenvalue weighted by Gasteiger charge is 2.06. The standard InChI is InChI=1S/C20H20FN3O/c1-15(17-10-18(21)13-22-12-17)24-11-16-5-7-20(8-6-16)25-14-19-4-2-3-9-23-19/h2-10,12-13,15,24H,11,14H2,1H3/t15-/m1/s1. The topological polar surface area (TPSA) is 47.0 Å². The number of nitrogens with one attached hydrogen (secondary N) is 1. The SMILES string of the molecule is C[C@@H](NCc1ccc(OCc2ccccn2)cc1)c1cncc(F)c1. The van der Waals surface area contributed by atoms with Gasteiger partial charge in [0.2, 0.25) is 0 Å². The summed E-state index contributed by atoms with van der Waals surface area (Å²) in [5.41, 5.74) is 2.85. The lowest BCUT2D eigenvalue weighted by Gasteiger charge is -2.14. The fraction of sp³-hybridized carbons (Fsp3) is 0.200. The molecule has 1 atom stereocenters. The minimum Gasteiger partial charge on any atom is -0.487 e. The number of aromatic nitrogens is 2. The van der Waals surface area contributed by atoms with Gasteiger partial charge < -0.3 is 10.1 Å². The third-order valence-electron chi connectivity index (χ3n) is 3.87. The van der Waals surface area contributed by atoms with Crippen molar-refractivity contribution in [3.63, 3.8) is 0 Å². The zero-order valence-electron chi connectivity index (χ0n) is 14.0. The summed E-state index contributed by atoms with van der Waals surface area (Å²) in [6.07, 6.45) is 4.64. The summed E-state index contributed by atoms with van der Waals surface area (Å²) in [4.78, 5) is 8.11. The summed E-state index contributed by atoms with van der Waals surface area (Å²) >= 11 is 0. The summed E-state index contributed by atoms with van der Waals surface area (Å²) in [5, 5.41) is 3.36. The van der Waals surface area contributed by atoms with E-state index in [1.807, 2.05) is 49.4 Å². The van der Waals surface area contributed by atoms with Crippen LogP contribution in [0.4, 0.5) is 4.39 Å². The number of benzene rings is 1. The summed E-state index contributed by atoms with van der Waals surface area (Å²) in [7, 11) is 0. The van der Waals surface area contributed by atoms with Crippen molar-refractivity contribution in [1.82, 2.24) is 15.3 Å². The van der Waals surface area contributed by atoms with Crippen molar-refractivity contribution in [2.75, 3.05) is 0 Å². The van der Waals surface area contributed by atoms with Crippen molar-refractivity contribution < 1.29 is 9.13 Å². The first-order valence-electron chi connectivity index (χ1n) is 8.16. The van der Waals surface area contributed by atoms with E-state index < -0.39 is 0 Å². The highest BCUT2D eigenvalue weighted by Crippen LogP contribution is 2.16. The molecule has 5 heteroatoms. The van der Waals surface area contributed by atoms with Crippen LogP contribution in [0.5, 0.6) is 5.75 Å². The van der Waals surface area contributed by atoms with Crippen LogP contribution in [-0.4, -0.2) is 9.97 Å². The van der Waals surface area contributed by atoms with E-state index in [1.54, 1.807) is 12.4 Å². The maximum Gasteiger partial charge on any atom is 0.141 e. The van der Waals surface area contributed by atoms with Gasteiger partial charge in [-0.05, 0) is 48.4 Å². The van der Waals surface area contributed by atoms with Gasteiger partial charge in [0.05, 0.1) is 11.9 Å². The molecule has 128 valence electrons.